The number of nitrogens with one attached hydrogen (secondary N) is 1. The molecule has 0 aliphatic carbocycles. The molecule has 2 amide bonds. The third-order valence-electron chi connectivity index (χ3n) is 4.68. The molecule has 0 radical (unpaired) electrons. The third kappa shape index (κ3) is 4.94. The Kier molecular flexibility index (Phi) is 6.52. The van der Waals surface area contributed by atoms with E-state index in [2.05, 4.69) is 21.9 Å². The number of carbonyl (C=O) groups is 3. The summed E-state index contributed by atoms with van der Waals surface area (Å²) >= 11 is 2.54. The summed E-state index contributed by atoms with van der Waals surface area (Å²) in [5, 5.41) is 5.76. The van der Waals surface area contributed by atoms with E-state index in [0.717, 1.165) is 27.6 Å². The van der Waals surface area contributed by atoms with Crippen LogP contribution in [0.3, 0.4) is 0 Å². The van der Waals surface area contributed by atoms with Gasteiger partial charge in [-0.05, 0) is 32.0 Å². The summed E-state index contributed by atoms with van der Waals surface area (Å²) in [4.78, 5) is 47.8. The highest BCUT2D eigenvalue weighted by Gasteiger charge is 2.28. The highest BCUT2D eigenvalue weighted by Crippen LogP contribution is 2.36. The number of benzene rings is 1. The van der Waals surface area contributed by atoms with Crippen molar-refractivity contribution in [3.05, 3.63) is 51.8 Å². The van der Waals surface area contributed by atoms with Gasteiger partial charge < -0.3 is 14.8 Å². The number of thiazole rings is 2. The molecule has 0 spiro atoms. The fraction of sp³-hybridized carbons (Fsp3) is 0.227. The molecule has 1 N–H and O–H groups in total. The first kappa shape index (κ1) is 22.6. The molecule has 0 saturated carbocycles. The van der Waals surface area contributed by atoms with E-state index in [4.69, 9.17) is 9.47 Å². The van der Waals surface area contributed by atoms with Crippen LogP contribution >= 0.6 is 22.7 Å². The molecule has 3 aromatic rings. The summed E-state index contributed by atoms with van der Waals surface area (Å²) in [5.41, 5.74) is 2.55. The van der Waals surface area contributed by atoms with Crippen LogP contribution in [0.2, 0.25) is 0 Å². The average Bonchev–Trinajstić information content (AvgIpc) is 3.39. The fourth-order valence-corrected chi connectivity index (χ4v) is 4.67. The molecule has 3 heterocycles. The number of nitrogens with zero attached hydrogens (tertiary/aromatic N) is 3. The molecule has 11 heteroatoms. The Labute approximate surface area is 197 Å². The second kappa shape index (κ2) is 9.51. The quantitative estimate of drug-likeness (QED) is 0.403. The number of carbonyl (C=O) groups excluding carboxylic acids is 3. The zero-order valence-electron chi connectivity index (χ0n) is 17.9. The fourth-order valence-electron chi connectivity index (χ4n) is 3.17. The van der Waals surface area contributed by atoms with Crippen LogP contribution in [-0.4, -0.2) is 47.5 Å². The van der Waals surface area contributed by atoms with E-state index in [1.54, 1.807) is 19.1 Å². The highest BCUT2D eigenvalue weighted by molar-refractivity contribution is 7.17. The minimum Gasteiger partial charge on any atom is -0.482 e. The molecule has 170 valence electrons. The molecule has 9 nitrogen and oxygen atoms in total. The number of amides is 2. The zero-order valence-corrected chi connectivity index (χ0v) is 19.5. The van der Waals surface area contributed by atoms with Gasteiger partial charge in [0, 0.05) is 10.9 Å². The van der Waals surface area contributed by atoms with Gasteiger partial charge in [-0.1, -0.05) is 24.0 Å². The van der Waals surface area contributed by atoms with Gasteiger partial charge in [0.25, 0.3) is 5.91 Å². The maximum Gasteiger partial charge on any atom is 0.350 e. The second-order valence-electron chi connectivity index (χ2n) is 7.07. The van der Waals surface area contributed by atoms with E-state index in [0.29, 0.717) is 22.0 Å². The Morgan fingerprint density at radius 1 is 1.33 bits per heavy atom. The molecule has 0 fully saturated rings. The number of hydrogen-bond acceptors (Lipinski definition) is 9. The van der Waals surface area contributed by atoms with Crippen LogP contribution in [0.4, 0.5) is 10.8 Å². The maximum absolute atomic E-state index is 12.7. The molecular formula is C22H20N4O5S2. The Balaban J connectivity index is 1.51. The topological polar surface area (TPSA) is 111 Å². The number of ether oxygens (including phenoxy) is 2. The molecular weight excluding hydrogens is 464 g/mol. The van der Waals surface area contributed by atoms with Gasteiger partial charge in [0.05, 0.1) is 22.1 Å². The monoisotopic (exact) mass is 484 g/mol. The van der Waals surface area contributed by atoms with Crippen LogP contribution in [0.1, 0.15) is 20.4 Å². The van der Waals surface area contributed by atoms with Crippen molar-refractivity contribution in [1.29, 1.82) is 0 Å². The first-order valence-corrected chi connectivity index (χ1v) is 11.6. The van der Waals surface area contributed by atoms with Crippen LogP contribution in [-0.2, 0) is 14.3 Å². The summed E-state index contributed by atoms with van der Waals surface area (Å²) in [6.07, 6.45) is 1.47. The largest absolute Gasteiger partial charge is 0.482 e. The van der Waals surface area contributed by atoms with Crippen LogP contribution in [0, 0.1) is 13.8 Å². The van der Waals surface area contributed by atoms with Gasteiger partial charge in [-0.25, -0.2) is 14.8 Å². The lowest BCUT2D eigenvalue weighted by molar-refractivity contribution is -0.123. The van der Waals surface area contributed by atoms with Gasteiger partial charge >= 0.3 is 5.97 Å². The van der Waals surface area contributed by atoms with Crippen molar-refractivity contribution in [3.8, 4) is 17.0 Å². The Bertz CT molecular complexity index is 1250. The predicted octanol–water partition coefficient (Wildman–Crippen LogP) is 3.59. The molecule has 4 rings (SSSR count). The van der Waals surface area contributed by atoms with Crippen molar-refractivity contribution in [2.45, 2.75) is 13.8 Å². The standard InChI is InChI=1S/C22H20N4O5S2/c1-4-7-30-21(29)20-12(2)23-22(33-20)25-18(27)9-26-16-8-14(15-11-32-13(3)24-15)5-6-17(16)31-10-19(26)28/h4-6,8,11H,1,7,9-10H2,2-3H3,(H,23,25,27). The van der Waals surface area contributed by atoms with Gasteiger partial charge in [-0.15, -0.1) is 11.3 Å². The normalized spacial score (nSPS) is 12.7. The van der Waals surface area contributed by atoms with E-state index in [9.17, 15) is 14.4 Å². The smallest absolute Gasteiger partial charge is 0.350 e. The minimum absolute atomic E-state index is 0.0822. The lowest BCUT2D eigenvalue weighted by Crippen LogP contribution is -2.43. The second-order valence-corrected chi connectivity index (χ2v) is 9.13. The molecule has 1 aliphatic heterocycles. The van der Waals surface area contributed by atoms with Crippen molar-refractivity contribution in [2.24, 2.45) is 0 Å². The van der Waals surface area contributed by atoms with Crippen LogP contribution in [0.5, 0.6) is 5.75 Å². The van der Waals surface area contributed by atoms with E-state index >= 15 is 0 Å². The first-order valence-electron chi connectivity index (χ1n) is 9.90. The van der Waals surface area contributed by atoms with E-state index in [1.807, 2.05) is 18.4 Å². The molecule has 0 atom stereocenters. The predicted molar refractivity (Wildman–Crippen MR) is 126 cm³/mol. The van der Waals surface area contributed by atoms with Crippen molar-refractivity contribution < 1.29 is 23.9 Å². The molecule has 0 unspecified atom stereocenters. The van der Waals surface area contributed by atoms with Crippen LogP contribution in [0.15, 0.2) is 36.2 Å². The molecule has 0 saturated heterocycles. The summed E-state index contributed by atoms with van der Waals surface area (Å²) in [6, 6.07) is 5.42. The van der Waals surface area contributed by atoms with Crippen LogP contribution in [0.25, 0.3) is 11.3 Å². The summed E-state index contributed by atoms with van der Waals surface area (Å²) in [6.45, 7) is 6.76. The average molecular weight is 485 g/mol. The molecule has 1 aromatic carbocycles. The van der Waals surface area contributed by atoms with Crippen molar-refractivity contribution in [2.75, 3.05) is 30.0 Å². The van der Waals surface area contributed by atoms with E-state index in [-0.39, 0.29) is 30.8 Å². The van der Waals surface area contributed by atoms with Crippen molar-refractivity contribution in [1.82, 2.24) is 9.97 Å². The Hall–Kier alpha value is -3.57. The van der Waals surface area contributed by atoms with Gasteiger partial charge in [-0.2, -0.15) is 0 Å². The summed E-state index contributed by atoms with van der Waals surface area (Å²) in [5.74, 6) is -0.818. The summed E-state index contributed by atoms with van der Waals surface area (Å²) < 4.78 is 10.6. The van der Waals surface area contributed by atoms with Gasteiger partial charge in [0.15, 0.2) is 11.7 Å². The minimum atomic E-state index is -0.535. The van der Waals surface area contributed by atoms with Gasteiger partial charge in [-0.3, -0.25) is 14.5 Å². The molecule has 1 aliphatic rings. The first-order chi connectivity index (χ1) is 15.9. The Morgan fingerprint density at radius 2 is 2.15 bits per heavy atom. The molecule has 0 bridgehead atoms. The van der Waals surface area contributed by atoms with E-state index in [1.165, 1.54) is 22.3 Å². The third-order valence-corrected chi connectivity index (χ3v) is 6.51. The number of aryl methyl sites for hydroxylation is 2. The lowest BCUT2D eigenvalue weighted by Gasteiger charge is -2.29. The highest BCUT2D eigenvalue weighted by atomic mass is 32.1. The zero-order chi connectivity index (χ0) is 23.5. The number of hydrogen-bond donors (Lipinski definition) is 1. The summed E-state index contributed by atoms with van der Waals surface area (Å²) in [7, 11) is 0. The van der Waals surface area contributed by atoms with E-state index < -0.39 is 11.9 Å². The number of anilines is 2. The molecule has 2 aromatic heterocycles. The number of rotatable bonds is 7. The lowest BCUT2D eigenvalue weighted by atomic mass is 10.1. The number of fused-ring (bicyclic) bond motifs is 1. The van der Waals surface area contributed by atoms with Crippen molar-refractivity contribution >= 4 is 51.3 Å². The maximum atomic E-state index is 12.7. The number of aromatic nitrogens is 2. The van der Waals surface area contributed by atoms with Gasteiger partial charge in [0.1, 0.15) is 23.8 Å². The van der Waals surface area contributed by atoms with Gasteiger partial charge in [0.2, 0.25) is 5.91 Å². The van der Waals surface area contributed by atoms with Crippen molar-refractivity contribution in [3.63, 3.8) is 0 Å². The SMILES string of the molecule is C=CCOC(=O)c1sc(NC(=O)CN2C(=O)COc3ccc(-c4csc(C)n4)cc32)nc1C. The van der Waals surface area contributed by atoms with Crippen LogP contribution < -0.4 is 15.0 Å². The number of esters is 1. The molecule has 33 heavy (non-hydrogen) atoms. The Morgan fingerprint density at radius 3 is 2.88 bits per heavy atom.